The summed E-state index contributed by atoms with van der Waals surface area (Å²) in [5.41, 5.74) is 0. The first kappa shape index (κ1) is 92.5. The summed E-state index contributed by atoms with van der Waals surface area (Å²) in [5, 5.41) is 10.6. The van der Waals surface area contributed by atoms with E-state index in [9.17, 15) is 43.2 Å². The van der Waals surface area contributed by atoms with Crippen LogP contribution in [0.4, 0.5) is 0 Å². The summed E-state index contributed by atoms with van der Waals surface area (Å²) < 4.78 is 68.4. The highest BCUT2D eigenvalue weighted by atomic mass is 31.2. The Morgan fingerprint density at radius 1 is 0.326 bits per heavy atom. The average molecular weight is 1390 g/mol. The van der Waals surface area contributed by atoms with Gasteiger partial charge >= 0.3 is 39.5 Å². The molecule has 0 aromatic carbocycles. The average Bonchev–Trinajstić information content (AvgIpc) is 1.60. The van der Waals surface area contributed by atoms with Gasteiger partial charge < -0.3 is 33.8 Å². The lowest BCUT2D eigenvalue weighted by atomic mass is 10.0. The van der Waals surface area contributed by atoms with E-state index in [4.69, 9.17) is 37.0 Å². The maximum atomic E-state index is 13.0. The normalized spacial score (nSPS) is 14.2. The number of esters is 4. The van der Waals surface area contributed by atoms with Gasteiger partial charge in [-0.05, 0) is 69.1 Å². The van der Waals surface area contributed by atoms with Crippen LogP contribution < -0.4 is 0 Å². The maximum absolute atomic E-state index is 13.0. The molecule has 0 heterocycles. The molecule has 0 aliphatic rings. The van der Waals surface area contributed by atoms with E-state index in [2.05, 4.69) is 72.8 Å². The van der Waals surface area contributed by atoms with Crippen LogP contribution in [0.25, 0.3) is 0 Å². The van der Waals surface area contributed by atoms with Crippen LogP contribution in [0.2, 0.25) is 0 Å². The summed E-state index contributed by atoms with van der Waals surface area (Å²) in [6.07, 6.45) is 55.3. The quantitative estimate of drug-likeness (QED) is 0.0169. The second kappa shape index (κ2) is 66.1. The monoisotopic (exact) mass is 1390 g/mol. The van der Waals surface area contributed by atoms with Gasteiger partial charge in [-0.1, -0.05) is 310 Å². The second-order valence-corrected chi connectivity index (χ2v) is 31.0. The van der Waals surface area contributed by atoms with Gasteiger partial charge in [0.25, 0.3) is 0 Å². The molecule has 560 valence electrons. The predicted molar refractivity (Wildman–Crippen MR) is 386 cm³/mol. The first-order valence-electron chi connectivity index (χ1n) is 38.7. The smallest absolute Gasteiger partial charge is 0.462 e. The zero-order valence-electron chi connectivity index (χ0n) is 61.6. The van der Waals surface area contributed by atoms with Crippen molar-refractivity contribution in [2.75, 3.05) is 39.6 Å². The number of aliphatic hydroxyl groups excluding tert-OH is 1. The van der Waals surface area contributed by atoms with Crippen molar-refractivity contribution < 1.29 is 80.2 Å². The summed E-state index contributed by atoms with van der Waals surface area (Å²) in [6.45, 7) is 11.7. The SMILES string of the molecule is CCCCCC/C=C\C=C/CCCCCCCC(=O)OC[C@H](COP(=O)(O)OCC(O)COP(=O)(O)OC[C@@H](COC(=O)CCCCCCCCC(C)C)OC(=O)CCCCCCCCCCCCCCCCCCCCC(C)C)OC(=O)CCCCCCCCCC(C)C. The summed E-state index contributed by atoms with van der Waals surface area (Å²) in [4.78, 5) is 72.7. The molecule has 95 heavy (non-hydrogen) atoms. The van der Waals surface area contributed by atoms with Crippen LogP contribution >= 0.6 is 15.6 Å². The van der Waals surface area contributed by atoms with Gasteiger partial charge in [-0.25, -0.2) is 9.13 Å². The van der Waals surface area contributed by atoms with Crippen molar-refractivity contribution in [2.45, 2.75) is 381 Å². The highest BCUT2D eigenvalue weighted by Crippen LogP contribution is 2.45. The van der Waals surface area contributed by atoms with Gasteiger partial charge in [-0.3, -0.25) is 37.3 Å². The number of phosphoric acid groups is 2. The first-order chi connectivity index (χ1) is 45.7. The van der Waals surface area contributed by atoms with Gasteiger partial charge in [0, 0.05) is 25.7 Å². The standard InChI is InChI=1S/C76H144O17P2/c1-8-9-10-11-12-13-14-15-20-24-27-30-35-43-50-57-73(78)86-63-71(93-76(81)60-53-46-37-32-34-41-48-55-68(4)5)65-90-94(82,83)88-61-70(77)62-89-95(84,85)91-66-72(64-87-74(79)58-51-44-39-38-42-49-56-69(6)7)92-75(80)59-52-45-36-31-28-25-22-19-17-16-18-21-23-26-29-33-40-47-54-67(2)3/h13-15,20,67-72,77H,8-12,16-19,21-66H2,1-7H3,(H,82,83)(H,84,85)/b14-13-,20-15-/t70?,71-,72-/m1/s1. The molecule has 0 aliphatic heterocycles. The van der Waals surface area contributed by atoms with E-state index in [0.717, 1.165) is 121 Å². The number of rotatable bonds is 72. The number of allylic oxidation sites excluding steroid dienone is 4. The van der Waals surface area contributed by atoms with Crippen LogP contribution in [-0.4, -0.2) is 96.7 Å². The lowest BCUT2D eigenvalue weighted by Gasteiger charge is -2.21. The van der Waals surface area contributed by atoms with Crippen molar-refractivity contribution in [2.24, 2.45) is 17.8 Å². The van der Waals surface area contributed by atoms with Crippen molar-refractivity contribution in [3.63, 3.8) is 0 Å². The van der Waals surface area contributed by atoms with E-state index in [-0.39, 0.29) is 25.7 Å². The molecule has 0 saturated carbocycles. The molecular weight excluding hydrogens is 1250 g/mol. The third-order valence-corrected chi connectivity index (χ3v) is 18.9. The second-order valence-electron chi connectivity index (χ2n) is 28.1. The Labute approximate surface area is 580 Å². The summed E-state index contributed by atoms with van der Waals surface area (Å²) >= 11 is 0. The number of aliphatic hydroxyl groups is 1. The molecule has 0 aromatic heterocycles. The number of hydrogen-bond donors (Lipinski definition) is 3. The molecule has 17 nitrogen and oxygen atoms in total. The molecule has 0 rings (SSSR count). The van der Waals surface area contributed by atoms with Crippen molar-refractivity contribution >= 4 is 39.5 Å². The molecule has 0 spiro atoms. The summed E-state index contributed by atoms with van der Waals surface area (Å²) in [5.74, 6) is 0.0348. The number of unbranched alkanes of at least 4 members (excludes halogenated alkanes) is 37. The number of ether oxygens (including phenoxy) is 4. The number of carbonyl (C=O) groups is 4. The van der Waals surface area contributed by atoms with Gasteiger partial charge in [0.05, 0.1) is 26.4 Å². The fraction of sp³-hybridized carbons (Fsp3) is 0.895. The molecule has 3 N–H and O–H groups in total. The number of hydrogen-bond acceptors (Lipinski definition) is 15. The maximum Gasteiger partial charge on any atom is 0.472 e. The van der Waals surface area contributed by atoms with Gasteiger partial charge in [-0.15, -0.1) is 0 Å². The van der Waals surface area contributed by atoms with Crippen LogP contribution in [0.1, 0.15) is 363 Å². The molecule has 0 radical (unpaired) electrons. The van der Waals surface area contributed by atoms with Crippen molar-refractivity contribution in [1.82, 2.24) is 0 Å². The van der Waals surface area contributed by atoms with E-state index in [1.807, 2.05) is 0 Å². The molecule has 5 atom stereocenters. The Balaban J connectivity index is 5.17. The minimum absolute atomic E-state index is 0.0963. The Morgan fingerprint density at radius 2 is 0.568 bits per heavy atom. The Morgan fingerprint density at radius 3 is 0.853 bits per heavy atom. The van der Waals surface area contributed by atoms with Gasteiger partial charge in [0.1, 0.15) is 19.3 Å². The third kappa shape index (κ3) is 69.8. The molecule has 0 bridgehead atoms. The van der Waals surface area contributed by atoms with Crippen LogP contribution in [0, 0.1) is 17.8 Å². The lowest BCUT2D eigenvalue weighted by Crippen LogP contribution is -2.30. The van der Waals surface area contributed by atoms with Crippen molar-refractivity contribution in [3.05, 3.63) is 24.3 Å². The summed E-state index contributed by atoms with van der Waals surface area (Å²) in [7, 11) is -9.92. The fourth-order valence-electron chi connectivity index (χ4n) is 11.1. The number of carbonyl (C=O) groups excluding carboxylic acids is 4. The fourth-order valence-corrected chi connectivity index (χ4v) is 12.6. The van der Waals surface area contributed by atoms with Gasteiger partial charge in [-0.2, -0.15) is 0 Å². The highest BCUT2D eigenvalue weighted by molar-refractivity contribution is 7.47. The molecule has 19 heteroatoms. The highest BCUT2D eigenvalue weighted by Gasteiger charge is 2.30. The lowest BCUT2D eigenvalue weighted by molar-refractivity contribution is -0.161. The molecule has 0 fully saturated rings. The number of phosphoric ester groups is 2. The van der Waals surface area contributed by atoms with Crippen molar-refractivity contribution in [3.8, 4) is 0 Å². The van der Waals surface area contributed by atoms with Crippen LogP contribution in [0.15, 0.2) is 24.3 Å². The van der Waals surface area contributed by atoms with Gasteiger partial charge in [0.2, 0.25) is 0 Å². The molecule has 0 saturated heterocycles. The zero-order valence-corrected chi connectivity index (χ0v) is 63.4. The van der Waals surface area contributed by atoms with Crippen LogP contribution in [0.3, 0.4) is 0 Å². The van der Waals surface area contributed by atoms with E-state index < -0.39 is 97.5 Å². The van der Waals surface area contributed by atoms with Gasteiger partial charge in [0.15, 0.2) is 12.2 Å². The molecule has 0 amide bonds. The molecule has 3 unspecified atom stereocenters. The van der Waals surface area contributed by atoms with E-state index >= 15 is 0 Å². The largest absolute Gasteiger partial charge is 0.472 e. The van der Waals surface area contributed by atoms with Crippen LogP contribution in [-0.2, 0) is 65.4 Å². The minimum atomic E-state index is -4.96. The third-order valence-electron chi connectivity index (χ3n) is 17.0. The Hall–Kier alpha value is -2.46. The van der Waals surface area contributed by atoms with Crippen molar-refractivity contribution in [1.29, 1.82) is 0 Å². The molecular formula is C76H144O17P2. The topological polar surface area (TPSA) is 237 Å². The predicted octanol–water partition coefficient (Wildman–Crippen LogP) is 21.7. The molecule has 0 aliphatic carbocycles. The van der Waals surface area contributed by atoms with E-state index in [1.54, 1.807) is 0 Å². The summed E-state index contributed by atoms with van der Waals surface area (Å²) in [6, 6.07) is 0. The van der Waals surface area contributed by atoms with E-state index in [1.165, 1.54) is 148 Å². The Kier molecular flexibility index (Phi) is 64.4. The van der Waals surface area contributed by atoms with Crippen LogP contribution in [0.5, 0.6) is 0 Å². The zero-order chi connectivity index (χ0) is 70.1. The minimum Gasteiger partial charge on any atom is -0.462 e. The molecule has 0 aromatic rings. The first-order valence-corrected chi connectivity index (χ1v) is 41.7. The van der Waals surface area contributed by atoms with E-state index in [0.29, 0.717) is 37.5 Å². The Bertz CT molecular complexity index is 1950.